The van der Waals surface area contributed by atoms with E-state index in [0.29, 0.717) is 11.3 Å². The lowest BCUT2D eigenvalue weighted by atomic mass is 10.0. The molecule has 2 aliphatic rings. The number of nitrogens with one attached hydrogen (secondary N) is 1. The van der Waals surface area contributed by atoms with Crippen LogP contribution < -0.4 is 15.6 Å². The number of nitrogens with two attached hydrogens (primary N) is 1. The molecule has 0 unspecified atom stereocenters. The smallest absolute Gasteiger partial charge is 0.352 e. The van der Waals surface area contributed by atoms with E-state index in [0.717, 1.165) is 22.5 Å². The number of anilines is 1. The number of nitrogen functional groups attached to an aromatic ring is 1. The van der Waals surface area contributed by atoms with Gasteiger partial charge >= 0.3 is 5.97 Å². The van der Waals surface area contributed by atoms with Crippen LogP contribution in [0.2, 0.25) is 0 Å². The van der Waals surface area contributed by atoms with Crippen molar-refractivity contribution in [1.82, 2.24) is 24.8 Å². The molecule has 192 valence electrons. The standard InChI is InChI=1S/C22H22N8O5S2/c1-3-35-27-15(13-9-37-22(23)25-13)18(31)26-16-19(32)30-17(21(33)34)12(8-36-20(16)30)7-28-10-24-29-6-11(2)4-5-14(28)29/h4-6,9-10,16,20H,3,7-8H2,1-2H3,(H3-,23,25,26,31,33,34)/p+1/b27-15-/t16-,20+/m1/s1. The van der Waals surface area contributed by atoms with Crippen LogP contribution >= 0.6 is 23.1 Å². The molecule has 13 nitrogen and oxygen atoms in total. The summed E-state index contributed by atoms with van der Waals surface area (Å²) in [5, 5.41) is 22.1. The number of rotatable bonds is 8. The van der Waals surface area contributed by atoms with Gasteiger partial charge in [-0.05, 0) is 25.5 Å². The minimum Gasteiger partial charge on any atom is -0.477 e. The number of pyridine rings is 1. The molecule has 37 heavy (non-hydrogen) atoms. The number of carbonyl (C=O) groups is 3. The summed E-state index contributed by atoms with van der Waals surface area (Å²) in [5.41, 5.74) is 8.12. The molecule has 15 heteroatoms. The highest BCUT2D eigenvalue weighted by molar-refractivity contribution is 8.00. The number of aromatic nitrogens is 4. The topological polar surface area (TPSA) is 168 Å². The molecule has 3 aromatic heterocycles. The Bertz CT molecular complexity index is 1480. The van der Waals surface area contributed by atoms with Crippen LogP contribution in [0.1, 0.15) is 18.2 Å². The number of carboxylic acids is 1. The van der Waals surface area contributed by atoms with Gasteiger partial charge in [0.1, 0.15) is 35.6 Å². The van der Waals surface area contributed by atoms with Crippen molar-refractivity contribution in [1.29, 1.82) is 0 Å². The molecule has 0 spiro atoms. The molecule has 2 aliphatic heterocycles. The van der Waals surface area contributed by atoms with Crippen molar-refractivity contribution in [2.24, 2.45) is 5.16 Å². The number of oxime groups is 1. The van der Waals surface area contributed by atoms with Crippen LogP contribution in [0.4, 0.5) is 5.13 Å². The SMILES string of the molecule is CCO/N=C(\C(=O)N[C@@H]1C(=O)N2C(C(=O)O)=C(C[n+]3cnn4cc(C)ccc43)CS[C@@H]12)c1csc(N)n1. The summed E-state index contributed by atoms with van der Waals surface area (Å²) in [6, 6.07) is 2.92. The summed E-state index contributed by atoms with van der Waals surface area (Å²) >= 11 is 2.52. The average Bonchev–Trinajstić information content (AvgIpc) is 3.47. The van der Waals surface area contributed by atoms with E-state index in [1.807, 2.05) is 29.8 Å². The minimum absolute atomic E-state index is 0.0753. The molecule has 0 saturated carbocycles. The fourth-order valence-corrected chi connectivity index (χ4v) is 6.04. The second-order valence-electron chi connectivity index (χ2n) is 8.31. The highest BCUT2D eigenvalue weighted by Crippen LogP contribution is 2.40. The Balaban J connectivity index is 1.37. The quantitative estimate of drug-likeness (QED) is 0.155. The van der Waals surface area contributed by atoms with Crippen LogP contribution in [0.3, 0.4) is 0 Å². The number of amides is 2. The van der Waals surface area contributed by atoms with Crippen molar-refractivity contribution in [3.63, 3.8) is 0 Å². The first-order valence-corrected chi connectivity index (χ1v) is 13.2. The Morgan fingerprint density at radius 3 is 2.92 bits per heavy atom. The Labute approximate surface area is 218 Å². The highest BCUT2D eigenvalue weighted by Gasteiger charge is 2.54. The predicted molar refractivity (Wildman–Crippen MR) is 134 cm³/mol. The van der Waals surface area contributed by atoms with E-state index in [4.69, 9.17) is 10.6 Å². The van der Waals surface area contributed by atoms with Crippen LogP contribution in [0.15, 0.2) is 46.5 Å². The molecule has 0 aromatic carbocycles. The summed E-state index contributed by atoms with van der Waals surface area (Å²) in [7, 11) is 0. The summed E-state index contributed by atoms with van der Waals surface area (Å²) in [4.78, 5) is 48.7. The number of nitrogens with zero attached hydrogens (tertiary/aromatic N) is 6. The molecular formula is C22H23N8O5S2+. The number of hydrogen-bond acceptors (Lipinski definition) is 10. The van der Waals surface area contributed by atoms with E-state index in [9.17, 15) is 19.5 Å². The monoisotopic (exact) mass is 543 g/mol. The number of fused-ring (bicyclic) bond motifs is 2. The molecule has 5 rings (SSSR count). The molecule has 0 radical (unpaired) electrons. The number of aliphatic carboxylic acids is 1. The van der Waals surface area contributed by atoms with E-state index < -0.39 is 29.2 Å². The molecular weight excluding hydrogens is 520 g/mol. The number of hydrogen-bond donors (Lipinski definition) is 3. The third-order valence-electron chi connectivity index (χ3n) is 5.83. The Morgan fingerprint density at radius 1 is 1.41 bits per heavy atom. The average molecular weight is 544 g/mol. The number of thiazole rings is 1. The van der Waals surface area contributed by atoms with E-state index >= 15 is 0 Å². The van der Waals surface area contributed by atoms with Crippen molar-refractivity contribution in [2.45, 2.75) is 31.8 Å². The van der Waals surface area contributed by atoms with Crippen molar-refractivity contribution < 1.29 is 28.9 Å². The van der Waals surface area contributed by atoms with Crippen LogP contribution in [0, 0.1) is 6.92 Å². The van der Waals surface area contributed by atoms with Crippen molar-refractivity contribution in [2.75, 3.05) is 18.1 Å². The fraction of sp³-hybridized carbons (Fsp3) is 0.318. The first kappa shape index (κ1) is 24.7. The highest BCUT2D eigenvalue weighted by atomic mass is 32.2. The number of carboxylic acid groups (broad SMARTS) is 1. The van der Waals surface area contributed by atoms with Crippen LogP contribution in [0.5, 0.6) is 0 Å². The Kier molecular flexibility index (Phi) is 6.55. The van der Waals surface area contributed by atoms with Gasteiger partial charge in [-0.1, -0.05) is 9.67 Å². The molecule has 4 N–H and O–H groups in total. The molecule has 0 aliphatic carbocycles. The van der Waals surface area contributed by atoms with Crippen LogP contribution in [-0.4, -0.2) is 71.9 Å². The number of β-lactam (4-membered cyclic amide) rings is 1. The zero-order valence-corrected chi connectivity index (χ0v) is 21.5. The van der Waals surface area contributed by atoms with Crippen LogP contribution in [0.25, 0.3) is 5.65 Å². The largest absolute Gasteiger partial charge is 0.477 e. The molecule has 1 fully saturated rings. The van der Waals surface area contributed by atoms with Gasteiger partial charge < -0.3 is 21.0 Å². The van der Waals surface area contributed by atoms with Crippen molar-refractivity contribution in [3.05, 3.63) is 52.6 Å². The maximum atomic E-state index is 13.1. The maximum Gasteiger partial charge on any atom is 0.352 e. The van der Waals surface area contributed by atoms with Crippen molar-refractivity contribution >= 4 is 57.4 Å². The normalized spacial score (nSPS) is 19.6. The molecule has 2 amide bonds. The molecule has 0 bridgehead atoms. The van der Waals surface area contributed by atoms with Gasteiger partial charge in [-0.3, -0.25) is 14.5 Å². The van der Waals surface area contributed by atoms with Crippen LogP contribution in [-0.2, 0) is 25.8 Å². The van der Waals surface area contributed by atoms with Gasteiger partial charge in [-0.15, -0.1) is 23.1 Å². The molecule has 1 saturated heterocycles. The zero-order chi connectivity index (χ0) is 26.3. The summed E-state index contributed by atoms with van der Waals surface area (Å²) in [6.45, 7) is 4.15. The summed E-state index contributed by atoms with van der Waals surface area (Å²) in [6.07, 6.45) is 3.50. The molecule has 3 aromatic rings. The summed E-state index contributed by atoms with van der Waals surface area (Å²) < 4.78 is 3.55. The van der Waals surface area contributed by atoms with E-state index in [2.05, 4.69) is 20.6 Å². The summed E-state index contributed by atoms with van der Waals surface area (Å²) in [5.74, 6) is -2.03. The third-order valence-corrected chi connectivity index (χ3v) is 7.84. The predicted octanol–water partition coefficient (Wildman–Crippen LogP) is 0.148. The third kappa shape index (κ3) is 4.51. The lowest BCUT2D eigenvalue weighted by Gasteiger charge is -2.49. The fourth-order valence-electron chi connectivity index (χ4n) is 4.15. The van der Waals surface area contributed by atoms with E-state index in [-0.39, 0.29) is 35.4 Å². The van der Waals surface area contributed by atoms with E-state index in [1.165, 1.54) is 16.7 Å². The second kappa shape index (κ2) is 9.82. The van der Waals surface area contributed by atoms with Gasteiger partial charge in [0.25, 0.3) is 23.8 Å². The molecule has 2 atom stereocenters. The van der Waals surface area contributed by atoms with Gasteiger partial charge in [0.15, 0.2) is 10.8 Å². The second-order valence-corrected chi connectivity index (χ2v) is 10.3. The Hall–Kier alpha value is -3.98. The van der Waals surface area contributed by atoms with Gasteiger partial charge in [0, 0.05) is 27.9 Å². The van der Waals surface area contributed by atoms with Gasteiger partial charge in [0.05, 0.1) is 6.54 Å². The number of thioether (sulfide) groups is 1. The van der Waals surface area contributed by atoms with E-state index in [1.54, 1.807) is 23.1 Å². The number of carbonyl (C=O) groups excluding carboxylic acids is 2. The number of aryl methyl sites for hydroxylation is 1. The lowest BCUT2D eigenvalue weighted by Crippen LogP contribution is -2.71. The Morgan fingerprint density at radius 2 is 2.22 bits per heavy atom. The first-order valence-electron chi connectivity index (χ1n) is 11.2. The minimum atomic E-state index is -1.21. The first-order chi connectivity index (χ1) is 17.8. The van der Waals surface area contributed by atoms with Crippen molar-refractivity contribution in [3.8, 4) is 0 Å². The van der Waals surface area contributed by atoms with Gasteiger partial charge in [0.2, 0.25) is 0 Å². The molecule has 5 heterocycles. The zero-order valence-electron chi connectivity index (χ0n) is 19.8. The lowest BCUT2D eigenvalue weighted by molar-refractivity contribution is -0.664. The van der Waals surface area contributed by atoms with Gasteiger partial charge in [-0.25, -0.2) is 14.3 Å². The maximum absolute atomic E-state index is 13.1. The van der Waals surface area contributed by atoms with Gasteiger partial charge in [-0.2, -0.15) is 0 Å².